The Hall–Kier alpha value is -0.610. The zero-order valence-electron chi connectivity index (χ0n) is 8.74. The predicted octanol–water partition coefficient (Wildman–Crippen LogP) is -0.265. The van der Waals surface area contributed by atoms with E-state index in [1.807, 2.05) is 32.8 Å². The molecule has 1 unspecified atom stereocenters. The molecule has 4 heteroatoms. The Kier molecular flexibility index (Phi) is 2.63. The standard InChI is InChI=1S/C9H18N2O2/c1-9(2)5-11(6-12)8(13)7(9)10(3)4/h7,12H,5-6H2,1-4H3. The normalized spacial score (nSPS) is 27.4. The smallest absolute Gasteiger partial charge is 0.242 e. The summed E-state index contributed by atoms with van der Waals surface area (Å²) in [6.07, 6.45) is 0. The molecular formula is C9H18N2O2. The van der Waals surface area contributed by atoms with Crippen molar-refractivity contribution in [3.63, 3.8) is 0 Å². The van der Waals surface area contributed by atoms with E-state index in [-0.39, 0.29) is 24.1 Å². The van der Waals surface area contributed by atoms with Crippen LogP contribution in [0.5, 0.6) is 0 Å². The molecule has 0 saturated carbocycles. The number of hydrogen-bond acceptors (Lipinski definition) is 3. The molecule has 1 rings (SSSR count). The van der Waals surface area contributed by atoms with Crippen LogP contribution in [0.3, 0.4) is 0 Å². The average Bonchev–Trinajstić information content (AvgIpc) is 2.20. The van der Waals surface area contributed by atoms with Crippen molar-refractivity contribution in [3.05, 3.63) is 0 Å². The molecule has 1 fully saturated rings. The van der Waals surface area contributed by atoms with Gasteiger partial charge < -0.3 is 10.0 Å². The Morgan fingerprint density at radius 3 is 2.38 bits per heavy atom. The van der Waals surface area contributed by atoms with Gasteiger partial charge in [-0.05, 0) is 14.1 Å². The van der Waals surface area contributed by atoms with Gasteiger partial charge in [0, 0.05) is 12.0 Å². The molecule has 4 nitrogen and oxygen atoms in total. The minimum absolute atomic E-state index is 0.0255. The van der Waals surface area contributed by atoms with Crippen LogP contribution in [0.1, 0.15) is 13.8 Å². The van der Waals surface area contributed by atoms with E-state index in [1.54, 1.807) is 0 Å². The lowest BCUT2D eigenvalue weighted by molar-refractivity contribution is -0.134. The number of aliphatic hydroxyl groups excluding tert-OH is 1. The molecule has 1 saturated heterocycles. The first-order chi connectivity index (χ1) is 5.90. The summed E-state index contributed by atoms with van der Waals surface area (Å²) in [6.45, 7) is 4.55. The highest BCUT2D eigenvalue weighted by molar-refractivity contribution is 5.85. The maximum atomic E-state index is 11.7. The van der Waals surface area contributed by atoms with Gasteiger partial charge in [-0.25, -0.2) is 0 Å². The van der Waals surface area contributed by atoms with Gasteiger partial charge in [0.1, 0.15) is 6.73 Å². The topological polar surface area (TPSA) is 43.8 Å². The summed E-state index contributed by atoms with van der Waals surface area (Å²) in [6, 6.07) is -0.111. The summed E-state index contributed by atoms with van der Waals surface area (Å²) in [5.74, 6) is 0.0255. The number of carbonyl (C=O) groups is 1. The summed E-state index contributed by atoms with van der Waals surface area (Å²) in [7, 11) is 3.79. The van der Waals surface area contributed by atoms with Gasteiger partial charge in [0.05, 0.1) is 6.04 Å². The maximum Gasteiger partial charge on any atom is 0.242 e. The van der Waals surface area contributed by atoms with Gasteiger partial charge in [0.25, 0.3) is 0 Å². The molecule has 0 aliphatic carbocycles. The van der Waals surface area contributed by atoms with Gasteiger partial charge >= 0.3 is 0 Å². The molecule has 1 aliphatic rings. The van der Waals surface area contributed by atoms with Crippen LogP contribution in [0.15, 0.2) is 0 Å². The second-order valence-electron chi connectivity index (χ2n) is 4.53. The first-order valence-electron chi connectivity index (χ1n) is 4.46. The number of carbonyl (C=O) groups excluding carboxylic acids is 1. The SMILES string of the molecule is CN(C)C1C(=O)N(CO)CC1(C)C. The molecule has 0 spiro atoms. The van der Waals surface area contributed by atoms with Crippen LogP contribution in [-0.4, -0.2) is 54.2 Å². The summed E-state index contributed by atoms with van der Waals surface area (Å²) in [5.41, 5.74) is -0.0800. The molecule has 0 aromatic heterocycles. The van der Waals surface area contributed by atoms with Crippen LogP contribution in [0.4, 0.5) is 0 Å². The van der Waals surface area contributed by atoms with Crippen molar-refractivity contribution in [2.45, 2.75) is 19.9 Å². The maximum absolute atomic E-state index is 11.7. The van der Waals surface area contributed by atoms with Gasteiger partial charge in [0.2, 0.25) is 5.91 Å². The first-order valence-corrected chi connectivity index (χ1v) is 4.46. The van der Waals surface area contributed by atoms with Crippen LogP contribution in [0.2, 0.25) is 0 Å². The first kappa shape index (κ1) is 10.5. The molecule has 1 atom stereocenters. The third-order valence-corrected chi connectivity index (χ3v) is 2.57. The Balaban J connectivity index is 2.88. The molecule has 0 aromatic carbocycles. The van der Waals surface area contributed by atoms with E-state index < -0.39 is 0 Å². The van der Waals surface area contributed by atoms with Crippen LogP contribution in [0.25, 0.3) is 0 Å². The minimum atomic E-state index is -0.174. The molecule has 1 aliphatic heterocycles. The highest BCUT2D eigenvalue weighted by atomic mass is 16.3. The van der Waals surface area contributed by atoms with Gasteiger partial charge in [0.15, 0.2) is 0 Å². The summed E-state index contributed by atoms with van der Waals surface area (Å²) in [4.78, 5) is 15.1. The molecule has 1 N–H and O–H groups in total. The van der Waals surface area contributed by atoms with E-state index in [0.717, 1.165) is 0 Å². The lowest BCUT2D eigenvalue weighted by Crippen LogP contribution is -2.43. The Morgan fingerprint density at radius 1 is 1.62 bits per heavy atom. The number of likely N-dealkylation sites (tertiary alicyclic amines) is 1. The molecule has 1 heterocycles. The van der Waals surface area contributed by atoms with E-state index in [1.165, 1.54) is 4.90 Å². The Labute approximate surface area is 79.1 Å². The van der Waals surface area contributed by atoms with Crippen molar-refractivity contribution >= 4 is 5.91 Å². The predicted molar refractivity (Wildman–Crippen MR) is 50.1 cm³/mol. The van der Waals surface area contributed by atoms with E-state index in [4.69, 9.17) is 5.11 Å². The molecule has 13 heavy (non-hydrogen) atoms. The molecule has 0 aromatic rings. The van der Waals surface area contributed by atoms with Crippen LogP contribution >= 0.6 is 0 Å². The van der Waals surface area contributed by atoms with Crippen LogP contribution < -0.4 is 0 Å². The summed E-state index contributed by atoms with van der Waals surface area (Å²) < 4.78 is 0. The molecule has 76 valence electrons. The highest BCUT2D eigenvalue weighted by Gasteiger charge is 2.46. The van der Waals surface area contributed by atoms with Gasteiger partial charge in [-0.1, -0.05) is 13.8 Å². The lowest BCUT2D eigenvalue weighted by Gasteiger charge is -2.28. The number of nitrogens with zero attached hydrogens (tertiary/aromatic N) is 2. The summed E-state index contributed by atoms with van der Waals surface area (Å²) >= 11 is 0. The second-order valence-corrected chi connectivity index (χ2v) is 4.53. The highest BCUT2D eigenvalue weighted by Crippen LogP contribution is 2.32. The Morgan fingerprint density at radius 2 is 2.15 bits per heavy atom. The van der Waals surface area contributed by atoms with Crippen LogP contribution in [0, 0.1) is 5.41 Å². The van der Waals surface area contributed by atoms with Crippen molar-refractivity contribution in [2.24, 2.45) is 5.41 Å². The fourth-order valence-corrected chi connectivity index (χ4v) is 2.20. The third-order valence-electron chi connectivity index (χ3n) is 2.57. The number of aliphatic hydroxyl groups is 1. The number of rotatable bonds is 2. The third kappa shape index (κ3) is 1.69. The monoisotopic (exact) mass is 186 g/mol. The van der Waals surface area contributed by atoms with Crippen molar-refractivity contribution < 1.29 is 9.90 Å². The number of hydrogen-bond donors (Lipinski definition) is 1. The van der Waals surface area contributed by atoms with E-state index >= 15 is 0 Å². The second kappa shape index (κ2) is 3.27. The van der Waals surface area contributed by atoms with Crippen molar-refractivity contribution in [2.75, 3.05) is 27.4 Å². The fourth-order valence-electron chi connectivity index (χ4n) is 2.20. The van der Waals surface area contributed by atoms with Gasteiger partial charge in [-0.3, -0.25) is 9.69 Å². The molecule has 0 bridgehead atoms. The number of amides is 1. The van der Waals surface area contributed by atoms with Crippen molar-refractivity contribution in [1.82, 2.24) is 9.80 Å². The van der Waals surface area contributed by atoms with Gasteiger partial charge in [-0.15, -0.1) is 0 Å². The zero-order valence-corrected chi connectivity index (χ0v) is 8.74. The van der Waals surface area contributed by atoms with E-state index in [2.05, 4.69) is 0 Å². The quantitative estimate of drug-likeness (QED) is 0.646. The average molecular weight is 186 g/mol. The largest absolute Gasteiger partial charge is 0.376 e. The lowest BCUT2D eigenvalue weighted by atomic mass is 9.87. The van der Waals surface area contributed by atoms with E-state index in [0.29, 0.717) is 6.54 Å². The Bertz CT molecular complexity index is 214. The fraction of sp³-hybridized carbons (Fsp3) is 0.889. The van der Waals surface area contributed by atoms with Gasteiger partial charge in [-0.2, -0.15) is 0 Å². The minimum Gasteiger partial charge on any atom is -0.376 e. The summed E-state index contributed by atoms with van der Waals surface area (Å²) in [5, 5.41) is 8.95. The molecule has 1 amide bonds. The van der Waals surface area contributed by atoms with Crippen molar-refractivity contribution in [1.29, 1.82) is 0 Å². The van der Waals surface area contributed by atoms with E-state index in [9.17, 15) is 4.79 Å². The molecular weight excluding hydrogens is 168 g/mol. The number of likely N-dealkylation sites (N-methyl/N-ethyl adjacent to an activating group) is 1. The zero-order chi connectivity index (χ0) is 10.2. The van der Waals surface area contributed by atoms with Crippen LogP contribution in [-0.2, 0) is 4.79 Å². The molecule has 0 radical (unpaired) electrons. The van der Waals surface area contributed by atoms with Crippen molar-refractivity contribution in [3.8, 4) is 0 Å².